The molecule has 0 aliphatic heterocycles. The van der Waals surface area contributed by atoms with Crippen molar-refractivity contribution in [3.8, 4) is 0 Å². The molecule has 1 N–H and O–H groups in total. The topological polar surface area (TPSA) is 50.4 Å². The molecule has 1 aromatic heterocycles. The quantitative estimate of drug-likeness (QED) is 0.659. The lowest BCUT2D eigenvalue weighted by molar-refractivity contribution is 0.0831. The third-order valence-corrected chi connectivity index (χ3v) is 2.70. The lowest BCUT2D eigenvalue weighted by Gasteiger charge is -2.12. The SMILES string of the molecule is C=C/C=C(/c1ccco1)C(O)C(=O)c1ccccc1. The molecule has 0 aliphatic rings. The van der Waals surface area contributed by atoms with Crippen LogP contribution in [0.2, 0.25) is 0 Å². The fraction of sp³-hybridized carbons (Fsp3) is 0.0625. The molecule has 0 radical (unpaired) electrons. The summed E-state index contributed by atoms with van der Waals surface area (Å²) in [5.74, 6) is 0.0850. The van der Waals surface area contributed by atoms with Crippen molar-refractivity contribution in [3.05, 3.63) is 78.8 Å². The Morgan fingerprint density at radius 2 is 1.95 bits per heavy atom. The highest BCUT2D eigenvalue weighted by Crippen LogP contribution is 2.22. The van der Waals surface area contributed by atoms with Crippen LogP contribution in [-0.4, -0.2) is 17.0 Å². The van der Waals surface area contributed by atoms with Gasteiger partial charge in [-0.25, -0.2) is 0 Å². The maximum absolute atomic E-state index is 12.2. The van der Waals surface area contributed by atoms with E-state index in [4.69, 9.17) is 4.42 Å². The van der Waals surface area contributed by atoms with Crippen LogP contribution >= 0.6 is 0 Å². The van der Waals surface area contributed by atoms with E-state index in [-0.39, 0.29) is 5.78 Å². The highest BCUT2D eigenvalue weighted by molar-refractivity contribution is 6.06. The van der Waals surface area contributed by atoms with Gasteiger partial charge in [-0.3, -0.25) is 4.79 Å². The monoisotopic (exact) mass is 254 g/mol. The van der Waals surface area contributed by atoms with Crippen LogP contribution in [0.25, 0.3) is 5.57 Å². The molecule has 0 aliphatic carbocycles. The number of aliphatic hydroxyl groups excluding tert-OH is 1. The van der Waals surface area contributed by atoms with Gasteiger partial charge in [0.15, 0.2) is 5.78 Å². The van der Waals surface area contributed by atoms with Crippen LogP contribution in [0.4, 0.5) is 0 Å². The normalized spacial score (nSPS) is 13.0. The largest absolute Gasteiger partial charge is 0.465 e. The van der Waals surface area contributed by atoms with Crippen LogP contribution < -0.4 is 0 Å². The summed E-state index contributed by atoms with van der Waals surface area (Å²) in [6, 6.07) is 12.0. The molecule has 1 aromatic carbocycles. The molecule has 2 aromatic rings. The molecule has 3 heteroatoms. The molecule has 0 bridgehead atoms. The van der Waals surface area contributed by atoms with Gasteiger partial charge in [-0.05, 0) is 12.1 Å². The molecule has 0 fully saturated rings. The number of furan rings is 1. The predicted molar refractivity (Wildman–Crippen MR) is 73.7 cm³/mol. The molecule has 0 spiro atoms. The van der Waals surface area contributed by atoms with Gasteiger partial charge in [0.1, 0.15) is 11.9 Å². The van der Waals surface area contributed by atoms with Crippen molar-refractivity contribution in [1.29, 1.82) is 0 Å². The highest BCUT2D eigenvalue weighted by Gasteiger charge is 2.23. The van der Waals surface area contributed by atoms with E-state index in [1.54, 1.807) is 42.5 Å². The number of hydrogen-bond acceptors (Lipinski definition) is 3. The maximum Gasteiger partial charge on any atom is 0.195 e. The number of allylic oxidation sites excluding steroid dienone is 2. The zero-order chi connectivity index (χ0) is 13.7. The van der Waals surface area contributed by atoms with Crippen molar-refractivity contribution in [2.45, 2.75) is 6.10 Å². The van der Waals surface area contributed by atoms with Crippen molar-refractivity contribution < 1.29 is 14.3 Å². The first kappa shape index (κ1) is 13.1. The first-order valence-corrected chi connectivity index (χ1v) is 5.88. The summed E-state index contributed by atoms with van der Waals surface area (Å²) in [5, 5.41) is 10.2. The third-order valence-electron chi connectivity index (χ3n) is 2.70. The smallest absolute Gasteiger partial charge is 0.195 e. The van der Waals surface area contributed by atoms with E-state index >= 15 is 0 Å². The van der Waals surface area contributed by atoms with E-state index in [1.165, 1.54) is 12.3 Å². The Labute approximate surface area is 111 Å². The summed E-state index contributed by atoms with van der Waals surface area (Å²) >= 11 is 0. The second-order valence-electron chi connectivity index (χ2n) is 3.97. The van der Waals surface area contributed by atoms with Gasteiger partial charge in [0.05, 0.1) is 6.26 Å². The number of rotatable bonds is 5. The molecular formula is C16H14O3. The number of benzene rings is 1. The fourth-order valence-electron chi connectivity index (χ4n) is 1.78. The van der Waals surface area contributed by atoms with Gasteiger partial charge in [-0.1, -0.05) is 49.1 Å². The second kappa shape index (κ2) is 5.98. The van der Waals surface area contributed by atoms with Crippen molar-refractivity contribution in [1.82, 2.24) is 0 Å². The Hall–Kier alpha value is -2.39. The van der Waals surface area contributed by atoms with Crippen molar-refractivity contribution in [3.63, 3.8) is 0 Å². The van der Waals surface area contributed by atoms with Crippen molar-refractivity contribution >= 4 is 11.4 Å². The molecule has 0 saturated heterocycles. The van der Waals surface area contributed by atoms with Gasteiger partial charge >= 0.3 is 0 Å². The van der Waals surface area contributed by atoms with Crippen molar-refractivity contribution in [2.24, 2.45) is 0 Å². The highest BCUT2D eigenvalue weighted by atomic mass is 16.3. The van der Waals surface area contributed by atoms with Gasteiger partial charge in [0.2, 0.25) is 0 Å². The Morgan fingerprint density at radius 1 is 1.21 bits per heavy atom. The minimum absolute atomic E-state index is 0.370. The minimum atomic E-state index is -1.27. The van der Waals surface area contributed by atoms with Crippen LogP contribution in [0.1, 0.15) is 16.1 Å². The lowest BCUT2D eigenvalue weighted by atomic mass is 9.98. The summed E-state index contributed by atoms with van der Waals surface area (Å²) in [6.45, 7) is 3.58. The molecule has 2 rings (SSSR count). The zero-order valence-electron chi connectivity index (χ0n) is 10.3. The molecule has 19 heavy (non-hydrogen) atoms. The zero-order valence-corrected chi connectivity index (χ0v) is 10.3. The number of aliphatic hydroxyl groups is 1. The summed E-state index contributed by atoms with van der Waals surface area (Å²) in [7, 11) is 0. The molecule has 96 valence electrons. The number of ketones is 1. The van der Waals surface area contributed by atoms with E-state index in [2.05, 4.69) is 6.58 Å². The second-order valence-corrected chi connectivity index (χ2v) is 3.97. The molecule has 1 unspecified atom stereocenters. The average molecular weight is 254 g/mol. The van der Waals surface area contributed by atoms with E-state index in [1.807, 2.05) is 6.07 Å². The number of carbonyl (C=O) groups is 1. The Kier molecular flexibility index (Phi) is 4.11. The van der Waals surface area contributed by atoms with Gasteiger partial charge in [-0.2, -0.15) is 0 Å². The molecule has 0 amide bonds. The first-order valence-electron chi connectivity index (χ1n) is 5.88. The van der Waals surface area contributed by atoms with Crippen LogP contribution in [0.3, 0.4) is 0 Å². The van der Waals surface area contributed by atoms with Gasteiger partial charge in [-0.15, -0.1) is 0 Å². The van der Waals surface area contributed by atoms with Gasteiger partial charge in [0.25, 0.3) is 0 Å². The Morgan fingerprint density at radius 3 is 2.53 bits per heavy atom. The third kappa shape index (κ3) is 2.89. The molecule has 3 nitrogen and oxygen atoms in total. The fourth-order valence-corrected chi connectivity index (χ4v) is 1.78. The summed E-state index contributed by atoms with van der Waals surface area (Å²) < 4.78 is 5.23. The van der Waals surface area contributed by atoms with E-state index in [0.29, 0.717) is 16.9 Å². The summed E-state index contributed by atoms with van der Waals surface area (Å²) in [4.78, 5) is 12.2. The van der Waals surface area contributed by atoms with E-state index < -0.39 is 6.10 Å². The van der Waals surface area contributed by atoms with Crippen LogP contribution in [0.15, 0.2) is 71.9 Å². The standard InChI is InChI=1S/C16H14O3/c1-2-7-13(14-10-6-11-19-14)16(18)15(17)12-8-4-3-5-9-12/h2-11,16,18H,1H2/b13-7-. The molecule has 1 atom stereocenters. The number of hydrogen-bond donors (Lipinski definition) is 1. The van der Waals surface area contributed by atoms with E-state index in [9.17, 15) is 9.90 Å². The van der Waals surface area contributed by atoms with Gasteiger partial charge < -0.3 is 9.52 Å². The van der Waals surface area contributed by atoms with Gasteiger partial charge in [0, 0.05) is 11.1 Å². The van der Waals surface area contributed by atoms with Crippen LogP contribution in [0, 0.1) is 0 Å². The van der Waals surface area contributed by atoms with Crippen LogP contribution in [0.5, 0.6) is 0 Å². The minimum Gasteiger partial charge on any atom is -0.465 e. The lowest BCUT2D eigenvalue weighted by Crippen LogP contribution is -2.22. The van der Waals surface area contributed by atoms with Crippen molar-refractivity contribution in [2.75, 3.05) is 0 Å². The van der Waals surface area contributed by atoms with Crippen LogP contribution in [-0.2, 0) is 0 Å². The number of carbonyl (C=O) groups excluding carboxylic acids is 1. The van der Waals surface area contributed by atoms with E-state index in [0.717, 1.165) is 0 Å². The summed E-state index contributed by atoms with van der Waals surface area (Å²) in [6.07, 6.45) is 3.31. The molecular weight excluding hydrogens is 240 g/mol. The Balaban J connectivity index is 2.31. The molecule has 0 saturated carbocycles. The summed E-state index contributed by atoms with van der Waals surface area (Å²) in [5.41, 5.74) is 0.852. The Bertz CT molecular complexity index is 580. The number of Topliss-reactive ketones (excluding diaryl/α,β-unsaturated/α-hetero) is 1. The predicted octanol–water partition coefficient (Wildman–Crippen LogP) is 3.09. The molecule has 1 heterocycles. The first-order chi connectivity index (χ1) is 9.24. The average Bonchev–Trinajstić information content (AvgIpc) is 2.98. The maximum atomic E-state index is 12.2.